The quantitative estimate of drug-likeness (QED) is 0.485. The van der Waals surface area contributed by atoms with E-state index in [1.165, 1.54) is 6.42 Å². The Balaban J connectivity index is 5.54. The van der Waals surface area contributed by atoms with Crippen LogP contribution in [0.4, 0.5) is 0 Å². The first-order chi connectivity index (χ1) is 8.22. The van der Waals surface area contributed by atoms with Crippen LogP contribution in [0, 0.1) is 0 Å². The molecular formula is C15H36BrNSi2. The minimum atomic E-state index is -1.53. The molecule has 0 heterocycles. The fourth-order valence-electron chi connectivity index (χ4n) is 3.14. The summed E-state index contributed by atoms with van der Waals surface area (Å²) in [6.45, 7) is 25.7. The molecule has 116 valence electrons. The Morgan fingerprint density at radius 3 is 1.58 bits per heavy atom. The predicted molar refractivity (Wildman–Crippen MR) is 99.5 cm³/mol. The number of nitrogens with one attached hydrogen (secondary N) is 1. The topological polar surface area (TPSA) is 12.0 Å². The van der Waals surface area contributed by atoms with E-state index in [2.05, 4.69) is 89.0 Å². The van der Waals surface area contributed by atoms with Gasteiger partial charge in [0, 0.05) is 4.07 Å². The van der Waals surface area contributed by atoms with Gasteiger partial charge < -0.3 is 4.98 Å². The van der Waals surface area contributed by atoms with Crippen molar-refractivity contribution in [3.8, 4) is 0 Å². The molecule has 0 radical (unpaired) electrons. The predicted octanol–water partition coefficient (Wildman–Crippen LogP) is 5.71. The van der Waals surface area contributed by atoms with E-state index in [4.69, 9.17) is 0 Å². The summed E-state index contributed by atoms with van der Waals surface area (Å²) in [5.41, 5.74) is 0. The first-order valence-electron chi connectivity index (χ1n) is 7.61. The van der Waals surface area contributed by atoms with Crippen LogP contribution < -0.4 is 4.98 Å². The van der Waals surface area contributed by atoms with Crippen molar-refractivity contribution in [1.82, 2.24) is 4.98 Å². The lowest BCUT2D eigenvalue weighted by atomic mass is 10.2. The Hall–Kier alpha value is 0.874. The maximum Gasteiger partial charge on any atom is 0.130 e. The van der Waals surface area contributed by atoms with Crippen LogP contribution in [-0.2, 0) is 0 Å². The van der Waals surface area contributed by atoms with Gasteiger partial charge in [0.05, 0.1) is 8.07 Å². The molecule has 0 bridgehead atoms. The summed E-state index contributed by atoms with van der Waals surface area (Å²) in [4.78, 5) is 3.89. The fourth-order valence-corrected chi connectivity index (χ4v) is 21.3. The highest BCUT2D eigenvalue weighted by Crippen LogP contribution is 2.55. The van der Waals surface area contributed by atoms with Crippen molar-refractivity contribution in [3.05, 3.63) is 0 Å². The SMILES string of the molecule is CCCN[Si](C)(C)C(Br)[Si](C)(C(C)(C)C)C(C)(C)C. The second kappa shape index (κ2) is 6.33. The molecule has 0 saturated heterocycles. The van der Waals surface area contributed by atoms with Crippen molar-refractivity contribution in [2.75, 3.05) is 6.54 Å². The molecule has 4 heteroatoms. The molecular weight excluding hydrogens is 330 g/mol. The lowest BCUT2D eigenvalue weighted by Gasteiger charge is -2.56. The summed E-state index contributed by atoms with van der Waals surface area (Å²) in [5.74, 6) is 0. The second-order valence-electron chi connectivity index (χ2n) is 8.71. The molecule has 0 aliphatic carbocycles. The van der Waals surface area contributed by atoms with Gasteiger partial charge in [-0.15, -0.1) is 0 Å². The molecule has 0 spiro atoms. The van der Waals surface area contributed by atoms with Crippen LogP contribution in [0.3, 0.4) is 0 Å². The van der Waals surface area contributed by atoms with Gasteiger partial charge in [-0.05, 0) is 23.0 Å². The Kier molecular flexibility index (Phi) is 6.62. The molecule has 0 fully saturated rings. The third-order valence-electron chi connectivity index (χ3n) is 5.09. The third kappa shape index (κ3) is 4.18. The van der Waals surface area contributed by atoms with E-state index in [0.29, 0.717) is 14.2 Å². The largest absolute Gasteiger partial charge is 0.337 e. The molecule has 0 amide bonds. The Morgan fingerprint density at radius 2 is 1.32 bits per heavy atom. The molecule has 0 aliphatic rings. The van der Waals surface area contributed by atoms with Gasteiger partial charge in [-0.2, -0.15) is 0 Å². The molecule has 19 heavy (non-hydrogen) atoms. The maximum absolute atomic E-state index is 4.18. The van der Waals surface area contributed by atoms with E-state index in [0.717, 1.165) is 6.54 Å². The third-order valence-corrected chi connectivity index (χ3v) is 24.8. The molecule has 1 N–H and O–H groups in total. The monoisotopic (exact) mass is 365 g/mol. The van der Waals surface area contributed by atoms with E-state index >= 15 is 0 Å². The summed E-state index contributed by atoms with van der Waals surface area (Å²) in [6, 6.07) is 0. The zero-order valence-electron chi connectivity index (χ0n) is 14.9. The standard InChI is InChI=1S/C15H36BrNSi2/c1-11-12-17-18(8,9)13(16)19(10,14(2,3)4)15(5,6)7/h13,17H,11-12H2,1-10H3. The molecule has 1 atom stereocenters. The van der Waals surface area contributed by atoms with Crippen molar-refractivity contribution in [2.24, 2.45) is 0 Å². The van der Waals surface area contributed by atoms with Crippen molar-refractivity contribution in [3.63, 3.8) is 0 Å². The van der Waals surface area contributed by atoms with Gasteiger partial charge in [-0.1, -0.05) is 84.0 Å². The minimum Gasteiger partial charge on any atom is -0.337 e. The lowest BCUT2D eigenvalue weighted by Crippen LogP contribution is -2.68. The Morgan fingerprint density at radius 1 is 0.947 bits per heavy atom. The van der Waals surface area contributed by atoms with Crippen LogP contribution in [0.5, 0.6) is 0 Å². The molecule has 1 nitrogen and oxygen atoms in total. The molecule has 1 unspecified atom stereocenters. The van der Waals surface area contributed by atoms with E-state index in [-0.39, 0.29) is 0 Å². The number of rotatable bonds is 5. The lowest BCUT2D eigenvalue weighted by molar-refractivity contribution is 0.614. The van der Waals surface area contributed by atoms with Crippen LogP contribution in [0.1, 0.15) is 54.9 Å². The van der Waals surface area contributed by atoms with Gasteiger partial charge in [-0.25, -0.2) is 0 Å². The number of alkyl halides is 1. The fraction of sp³-hybridized carbons (Fsp3) is 1.00. The van der Waals surface area contributed by atoms with Crippen LogP contribution >= 0.6 is 15.9 Å². The molecule has 0 aromatic rings. The smallest absolute Gasteiger partial charge is 0.130 e. The van der Waals surface area contributed by atoms with Gasteiger partial charge in [0.1, 0.15) is 8.24 Å². The molecule has 0 rings (SSSR count). The van der Waals surface area contributed by atoms with Crippen LogP contribution in [0.2, 0.25) is 29.7 Å². The second-order valence-corrected chi connectivity index (χ2v) is 22.3. The first-order valence-corrected chi connectivity index (χ1v) is 14.2. The average Bonchev–Trinajstić information content (AvgIpc) is 2.21. The van der Waals surface area contributed by atoms with E-state index in [9.17, 15) is 0 Å². The number of halogens is 1. The van der Waals surface area contributed by atoms with Gasteiger partial charge in [0.25, 0.3) is 0 Å². The molecule has 0 saturated carbocycles. The van der Waals surface area contributed by atoms with Crippen molar-refractivity contribution >= 4 is 32.2 Å². The highest BCUT2D eigenvalue weighted by atomic mass is 79.9. The summed E-state index contributed by atoms with van der Waals surface area (Å²) in [7, 11) is -2.98. The van der Waals surface area contributed by atoms with E-state index in [1.54, 1.807) is 0 Å². The van der Waals surface area contributed by atoms with Crippen molar-refractivity contribution in [1.29, 1.82) is 0 Å². The molecule has 0 aromatic heterocycles. The number of hydrogen-bond donors (Lipinski definition) is 1. The normalized spacial score (nSPS) is 16.6. The summed E-state index contributed by atoms with van der Waals surface area (Å²) >= 11 is 4.18. The van der Waals surface area contributed by atoms with E-state index < -0.39 is 16.3 Å². The summed E-state index contributed by atoms with van der Waals surface area (Å²) < 4.78 is 0.680. The van der Waals surface area contributed by atoms with Gasteiger partial charge >= 0.3 is 0 Å². The molecule has 0 aromatic carbocycles. The van der Waals surface area contributed by atoms with Crippen LogP contribution in [0.25, 0.3) is 0 Å². The highest BCUT2D eigenvalue weighted by Gasteiger charge is 2.57. The van der Waals surface area contributed by atoms with Crippen LogP contribution in [-0.4, -0.2) is 26.9 Å². The summed E-state index contributed by atoms with van der Waals surface area (Å²) in [6.07, 6.45) is 1.22. The molecule has 0 aliphatic heterocycles. The number of hydrogen-bond acceptors (Lipinski definition) is 1. The zero-order valence-corrected chi connectivity index (χ0v) is 18.5. The van der Waals surface area contributed by atoms with Gasteiger partial charge in [0.15, 0.2) is 0 Å². The highest BCUT2D eigenvalue weighted by molar-refractivity contribution is 9.10. The zero-order chi connectivity index (χ0) is 15.7. The maximum atomic E-state index is 4.18. The summed E-state index contributed by atoms with van der Waals surface area (Å²) in [5, 5.41) is 0.801. The van der Waals surface area contributed by atoms with E-state index in [1.807, 2.05) is 0 Å². The van der Waals surface area contributed by atoms with Gasteiger partial charge in [0.2, 0.25) is 0 Å². The van der Waals surface area contributed by atoms with Crippen molar-refractivity contribution in [2.45, 2.75) is 88.7 Å². The van der Waals surface area contributed by atoms with Crippen molar-refractivity contribution < 1.29 is 0 Å². The minimum absolute atomic E-state index is 0.400. The Bertz CT molecular complexity index is 276. The van der Waals surface area contributed by atoms with Gasteiger partial charge in [-0.3, -0.25) is 0 Å². The first kappa shape index (κ1) is 19.9. The Labute approximate surface area is 132 Å². The van der Waals surface area contributed by atoms with Crippen LogP contribution in [0.15, 0.2) is 0 Å². The average molecular weight is 367 g/mol.